The van der Waals surface area contributed by atoms with E-state index in [1.54, 1.807) is 36.4 Å². The number of nitrogens with zero attached hydrogens (tertiary/aromatic N) is 3. The van der Waals surface area contributed by atoms with E-state index in [4.69, 9.17) is 0 Å². The maximum atomic E-state index is 13.4. The predicted molar refractivity (Wildman–Crippen MR) is 106 cm³/mol. The fraction of sp³-hybridized carbons (Fsp3) is 0.333. The molecule has 9 nitrogen and oxygen atoms in total. The van der Waals surface area contributed by atoms with Crippen LogP contribution in [-0.4, -0.2) is 52.0 Å². The van der Waals surface area contributed by atoms with Crippen LogP contribution in [0.15, 0.2) is 54.6 Å². The van der Waals surface area contributed by atoms with Crippen LogP contribution in [0.1, 0.15) is 32.7 Å². The van der Waals surface area contributed by atoms with Crippen LogP contribution in [0.2, 0.25) is 0 Å². The SMILES string of the molecule is CN1C[C@]2([N+](=O)[O-])C(=O)c3ccccc3[C@]([N+](=O)[O-])(C1)[C@H]2CC(=O)c1ccccc1. The molecule has 0 unspecified atom stereocenters. The minimum atomic E-state index is -2.28. The second kappa shape index (κ2) is 6.81. The third-order valence-electron chi connectivity index (χ3n) is 6.34. The Bertz CT molecular complexity index is 1070. The van der Waals surface area contributed by atoms with Crippen LogP contribution in [-0.2, 0) is 5.54 Å². The Morgan fingerprint density at radius 1 is 1.00 bits per heavy atom. The summed E-state index contributed by atoms with van der Waals surface area (Å²) in [4.78, 5) is 51.5. The molecule has 2 aliphatic rings. The lowest BCUT2D eigenvalue weighted by Gasteiger charge is -2.50. The Hall–Kier alpha value is -3.46. The van der Waals surface area contributed by atoms with Gasteiger partial charge in [-0.15, -0.1) is 0 Å². The molecule has 1 aliphatic heterocycles. The van der Waals surface area contributed by atoms with Crippen molar-refractivity contribution in [3.63, 3.8) is 0 Å². The van der Waals surface area contributed by atoms with E-state index in [2.05, 4.69) is 0 Å². The van der Waals surface area contributed by atoms with Crippen LogP contribution >= 0.6 is 0 Å². The molecule has 0 amide bonds. The van der Waals surface area contributed by atoms with Crippen LogP contribution in [0.4, 0.5) is 0 Å². The Balaban J connectivity index is 1.98. The lowest BCUT2D eigenvalue weighted by atomic mass is 9.56. The Morgan fingerprint density at radius 3 is 2.20 bits per heavy atom. The van der Waals surface area contributed by atoms with Crippen LogP contribution < -0.4 is 0 Å². The molecule has 154 valence electrons. The number of hydrogen-bond acceptors (Lipinski definition) is 7. The summed E-state index contributed by atoms with van der Waals surface area (Å²) in [6.07, 6.45) is -0.472. The van der Waals surface area contributed by atoms with Gasteiger partial charge in [0.1, 0.15) is 5.92 Å². The van der Waals surface area contributed by atoms with E-state index in [9.17, 15) is 29.8 Å². The molecule has 3 atom stereocenters. The van der Waals surface area contributed by atoms with Gasteiger partial charge in [-0.2, -0.15) is 0 Å². The smallest absolute Gasteiger partial charge is 0.294 e. The van der Waals surface area contributed by atoms with Crippen molar-refractivity contribution in [1.82, 2.24) is 4.90 Å². The zero-order valence-corrected chi connectivity index (χ0v) is 16.2. The minimum Gasteiger partial charge on any atom is -0.294 e. The number of benzene rings is 2. The van der Waals surface area contributed by atoms with Gasteiger partial charge < -0.3 is 0 Å². The number of Topliss-reactive ketones (excluding diaryl/α,β-unsaturated/α-hetero) is 2. The number of carbonyl (C=O) groups excluding carboxylic acids is 2. The summed E-state index contributed by atoms with van der Waals surface area (Å²) in [5.41, 5.74) is -3.81. The number of likely N-dealkylation sites (tertiary alicyclic amines) is 1. The molecule has 4 rings (SSSR count). The van der Waals surface area contributed by atoms with E-state index in [0.717, 1.165) is 0 Å². The molecule has 2 aromatic rings. The van der Waals surface area contributed by atoms with Crippen molar-refractivity contribution in [2.24, 2.45) is 5.92 Å². The number of fused-ring (bicyclic) bond motifs is 4. The van der Waals surface area contributed by atoms with Gasteiger partial charge in [0.05, 0.1) is 13.1 Å². The molecule has 9 heteroatoms. The van der Waals surface area contributed by atoms with Gasteiger partial charge in [-0.25, -0.2) is 0 Å². The third kappa shape index (κ3) is 2.51. The number of hydrogen-bond donors (Lipinski definition) is 0. The number of likely N-dealkylation sites (N-methyl/N-ethyl adjacent to an activating group) is 1. The molecule has 1 aliphatic carbocycles. The van der Waals surface area contributed by atoms with Gasteiger partial charge in [-0.05, 0) is 7.05 Å². The predicted octanol–water partition coefficient (Wildman–Crippen LogP) is 2.21. The van der Waals surface area contributed by atoms with E-state index in [1.165, 1.54) is 30.1 Å². The third-order valence-corrected chi connectivity index (χ3v) is 6.34. The highest BCUT2D eigenvalue weighted by Gasteiger charge is 2.77. The lowest BCUT2D eigenvalue weighted by molar-refractivity contribution is -0.639. The Kier molecular flexibility index (Phi) is 4.50. The summed E-state index contributed by atoms with van der Waals surface area (Å²) < 4.78 is 0. The van der Waals surface area contributed by atoms with Crippen molar-refractivity contribution >= 4 is 11.6 Å². The molecule has 1 saturated heterocycles. The van der Waals surface area contributed by atoms with Gasteiger partial charge in [0.25, 0.3) is 5.54 Å². The van der Waals surface area contributed by atoms with Crippen LogP contribution in [0.5, 0.6) is 0 Å². The van der Waals surface area contributed by atoms with Crippen LogP contribution in [0.3, 0.4) is 0 Å². The molecule has 0 aromatic heterocycles. The largest absolute Gasteiger partial charge is 0.306 e. The monoisotopic (exact) mass is 409 g/mol. The standard InChI is InChI=1S/C21H19N3O6/c1-22-12-20(23(27)28)16-10-6-5-9-15(16)19(26)21(13-22,24(29)30)18(20)11-17(25)14-7-3-2-4-8-14/h2-10,18H,11-13H2,1H3/t18-,20-,21-/m1/s1. The van der Waals surface area contributed by atoms with E-state index in [0.29, 0.717) is 5.56 Å². The molecule has 2 bridgehead atoms. The van der Waals surface area contributed by atoms with E-state index >= 15 is 0 Å². The van der Waals surface area contributed by atoms with Crippen molar-refractivity contribution in [3.05, 3.63) is 91.5 Å². The van der Waals surface area contributed by atoms with Gasteiger partial charge in [0.2, 0.25) is 5.78 Å². The van der Waals surface area contributed by atoms with Crippen LogP contribution in [0, 0.1) is 26.1 Å². The second-order valence-corrected chi connectivity index (χ2v) is 7.96. The molecule has 0 saturated carbocycles. The molecule has 0 radical (unpaired) electrons. The fourth-order valence-electron chi connectivity index (χ4n) is 5.11. The Labute approximate surface area is 171 Å². The van der Waals surface area contributed by atoms with E-state index < -0.39 is 44.8 Å². The average Bonchev–Trinajstić information content (AvgIpc) is 2.73. The number of piperidine rings is 1. The number of carbonyl (C=O) groups is 2. The lowest BCUT2D eigenvalue weighted by Crippen LogP contribution is -2.75. The van der Waals surface area contributed by atoms with Gasteiger partial charge in [-0.1, -0.05) is 54.6 Å². The minimum absolute atomic E-state index is 0.0117. The Morgan fingerprint density at radius 2 is 1.57 bits per heavy atom. The maximum Gasteiger partial charge on any atom is 0.306 e. The molecule has 0 N–H and O–H groups in total. The first kappa shape index (κ1) is 19.8. The topological polar surface area (TPSA) is 124 Å². The van der Waals surface area contributed by atoms with Gasteiger partial charge >= 0.3 is 5.54 Å². The van der Waals surface area contributed by atoms with Gasteiger partial charge in [0.15, 0.2) is 5.78 Å². The summed E-state index contributed by atoms with van der Waals surface area (Å²) in [5, 5.41) is 24.9. The highest BCUT2D eigenvalue weighted by molar-refractivity contribution is 6.07. The first-order valence-electron chi connectivity index (χ1n) is 9.45. The fourth-order valence-corrected chi connectivity index (χ4v) is 5.11. The zero-order valence-electron chi connectivity index (χ0n) is 16.2. The van der Waals surface area contributed by atoms with Crippen molar-refractivity contribution in [2.45, 2.75) is 17.5 Å². The van der Waals surface area contributed by atoms with E-state index in [1.807, 2.05) is 0 Å². The number of rotatable bonds is 5. The van der Waals surface area contributed by atoms with Crippen molar-refractivity contribution in [3.8, 4) is 0 Å². The van der Waals surface area contributed by atoms with E-state index in [-0.39, 0.29) is 24.2 Å². The molecule has 2 aromatic carbocycles. The summed E-state index contributed by atoms with van der Waals surface area (Å²) >= 11 is 0. The summed E-state index contributed by atoms with van der Waals surface area (Å²) in [6.45, 7) is -0.428. The molecular formula is C21H19N3O6. The number of ketones is 2. The molecule has 1 heterocycles. The summed E-state index contributed by atoms with van der Waals surface area (Å²) in [5.74, 6) is -2.66. The second-order valence-electron chi connectivity index (χ2n) is 7.96. The highest BCUT2D eigenvalue weighted by atomic mass is 16.6. The zero-order chi connectivity index (χ0) is 21.7. The number of nitro groups is 2. The normalized spacial score (nSPS) is 27.9. The summed E-state index contributed by atoms with van der Waals surface area (Å²) in [7, 11) is 1.52. The quantitative estimate of drug-likeness (QED) is 0.421. The molecule has 0 spiro atoms. The first-order valence-corrected chi connectivity index (χ1v) is 9.45. The van der Waals surface area contributed by atoms with Gasteiger partial charge in [0, 0.05) is 33.0 Å². The van der Waals surface area contributed by atoms with Gasteiger partial charge in [-0.3, -0.25) is 34.7 Å². The van der Waals surface area contributed by atoms with Crippen LogP contribution in [0.25, 0.3) is 0 Å². The molecular weight excluding hydrogens is 390 g/mol. The molecule has 30 heavy (non-hydrogen) atoms. The highest BCUT2D eigenvalue weighted by Crippen LogP contribution is 2.53. The maximum absolute atomic E-state index is 13.4. The summed E-state index contributed by atoms with van der Waals surface area (Å²) in [6, 6.07) is 14.1. The van der Waals surface area contributed by atoms with Crippen molar-refractivity contribution in [2.75, 3.05) is 20.1 Å². The first-order chi connectivity index (χ1) is 14.2. The van der Waals surface area contributed by atoms with Crippen molar-refractivity contribution < 1.29 is 19.4 Å². The molecule has 1 fully saturated rings. The average molecular weight is 409 g/mol. The van der Waals surface area contributed by atoms with Crippen molar-refractivity contribution in [1.29, 1.82) is 0 Å².